The van der Waals surface area contributed by atoms with Crippen LogP contribution in [0, 0.1) is 0 Å². The summed E-state index contributed by atoms with van der Waals surface area (Å²) in [6.45, 7) is 5.86. The molecule has 0 radical (unpaired) electrons. The first kappa shape index (κ1) is 13.6. The molecule has 0 bridgehead atoms. The van der Waals surface area contributed by atoms with E-state index in [9.17, 15) is 4.79 Å². The third kappa shape index (κ3) is 4.15. The van der Waals surface area contributed by atoms with Gasteiger partial charge in [0.05, 0.1) is 18.3 Å². The Hall–Kier alpha value is -1.42. The van der Waals surface area contributed by atoms with Gasteiger partial charge in [0.2, 0.25) is 0 Å². The lowest BCUT2D eigenvalue weighted by Crippen LogP contribution is -2.30. The van der Waals surface area contributed by atoms with Gasteiger partial charge in [0, 0.05) is 11.8 Å². The van der Waals surface area contributed by atoms with Gasteiger partial charge in [-0.3, -0.25) is 9.78 Å². The van der Waals surface area contributed by atoms with Gasteiger partial charge in [-0.2, -0.15) is 0 Å². The number of ketones is 1. The van der Waals surface area contributed by atoms with Crippen LogP contribution in [0.1, 0.15) is 44.0 Å². The molecule has 0 amide bonds. The SMILES string of the molecule is CCCC(N)C(=O)c1cncc(OC(C)C)c1. The Morgan fingerprint density at radius 1 is 1.47 bits per heavy atom. The number of nitrogens with two attached hydrogens (primary N) is 1. The minimum atomic E-state index is -0.448. The van der Waals surface area contributed by atoms with Crippen LogP contribution in [-0.4, -0.2) is 22.9 Å². The maximum atomic E-state index is 12.0. The van der Waals surface area contributed by atoms with Crippen molar-refractivity contribution in [2.24, 2.45) is 5.73 Å². The van der Waals surface area contributed by atoms with Crippen LogP contribution >= 0.6 is 0 Å². The predicted octanol–water partition coefficient (Wildman–Crippen LogP) is 2.18. The summed E-state index contributed by atoms with van der Waals surface area (Å²) in [7, 11) is 0. The van der Waals surface area contributed by atoms with Crippen molar-refractivity contribution < 1.29 is 9.53 Å². The van der Waals surface area contributed by atoms with Crippen LogP contribution in [-0.2, 0) is 0 Å². The van der Waals surface area contributed by atoms with Crippen molar-refractivity contribution in [1.82, 2.24) is 4.98 Å². The normalized spacial score (nSPS) is 12.5. The zero-order valence-corrected chi connectivity index (χ0v) is 10.6. The van der Waals surface area contributed by atoms with Crippen molar-refractivity contribution >= 4 is 5.78 Å². The van der Waals surface area contributed by atoms with E-state index in [2.05, 4.69) is 4.98 Å². The number of ether oxygens (including phenoxy) is 1. The number of Topliss-reactive ketones (excluding diaryl/α,β-unsaturated/α-hetero) is 1. The second-order valence-electron chi connectivity index (χ2n) is 4.34. The van der Waals surface area contributed by atoms with Gasteiger partial charge in [-0.1, -0.05) is 13.3 Å². The molecular formula is C13H20N2O2. The Labute approximate surface area is 102 Å². The molecule has 0 spiro atoms. The molecule has 1 heterocycles. The first-order valence-electron chi connectivity index (χ1n) is 5.96. The summed E-state index contributed by atoms with van der Waals surface area (Å²) >= 11 is 0. The maximum Gasteiger partial charge on any atom is 0.181 e. The summed E-state index contributed by atoms with van der Waals surface area (Å²) in [5, 5.41) is 0. The maximum absolute atomic E-state index is 12.0. The molecule has 0 aromatic carbocycles. The van der Waals surface area contributed by atoms with E-state index in [0.29, 0.717) is 17.7 Å². The van der Waals surface area contributed by atoms with Crippen molar-refractivity contribution in [1.29, 1.82) is 0 Å². The van der Waals surface area contributed by atoms with Crippen LogP contribution in [0.4, 0.5) is 0 Å². The molecule has 1 rings (SSSR count). The standard InChI is InChI=1S/C13H20N2O2/c1-4-5-12(14)13(16)10-6-11(8-15-7-10)17-9(2)3/h6-9,12H,4-5,14H2,1-3H3. The molecule has 4 heteroatoms. The molecule has 1 atom stereocenters. The molecule has 1 aromatic rings. The highest BCUT2D eigenvalue weighted by Crippen LogP contribution is 2.15. The van der Waals surface area contributed by atoms with E-state index in [0.717, 1.165) is 6.42 Å². The Balaban J connectivity index is 2.80. The summed E-state index contributed by atoms with van der Waals surface area (Å²) < 4.78 is 5.49. The van der Waals surface area contributed by atoms with Gasteiger partial charge in [-0.15, -0.1) is 0 Å². The first-order valence-corrected chi connectivity index (χ1v) is 5.96. The summed E-state index contributed by atoms with van der Waals surface area (Å²) in [6, 6.07) is 1.25. The smallest absolute Gasteiger partial charge is 0.181 e. The second-order valence-corrected chi connectivity index (χ2v) is 4.34. The monoisotopic (exact) mass is 236 g/mol. The van der Waals surface area contributed by atoms with Crippen molar-refractivity contribution in [2.45, 2.75) is 45.8 Å². The number of rotatable bonds is 6. The van der Waals surface area contributed by atoms with Crippen LogP contribution in [0.5, 0.6) is 5.75 Å². The Morgan fingerprint density at radius 3 is 2.76 bits per heavy atom. The van der Waals surface area contributed by atoms with Crippen LogP contribution in [0.3, 0.4) is 0 Å². The summed E-state index contributed by atoms with van der Waals surface area (Å²) in [6.07, 6.45) is 4.77. The average molecular weight is 236 g/mol. The molecule has 0 saturated heterocycles. The van der Waals surface area contributed by atoms with E-state index in [-0.39, 0.29) is 11.9 Å². The van der Waals surface area contributed by atoms with Crippen molar-refractivity contribution in [2.75, 3.05) is 0 Å². The van der Waals surface area contributed by atoms with E-state index in [4.69, 9.17) is 10.5 Å². The number of carbonyl (C=O) groups is 1. The molecule has 0 aliphatic carbocycles. The Bertz CT molecular complexity index is 377. The lowest BCUT2D eigenvalue weighted by molar-refractivity contribution is 0.0955. The van der Waals surface area contributed by atoms with Gasteiger partial charge < -0.3 is 10.5 Å². The van der Waals surface area contributed by atoms with Gasteiger partial charge in [0.25, 0.3) is 0 Å². The van der Waals surface area contributed by atoms with E-state index < -0.39 is 6.04 Å². The van der Waals surface area contributed by atoms with Crippen molar-refractivity contribution in [3.8, 4) is 5.75 Å². The number of aromatic nitrogens is 1. The van der Waals surface area contributed by atoms with Crippen LogP contribution in [0.25, 0.3) is 0 Å². The molecule has 0 aliphatic heterocycles. The van der Waals surface area contributed by atoms with Crippen molar-refractivity contribution in [3.05, 3.63) is 24.0 Å². The zero-order chi connectivity index (χ0) is 12.8. The predicted molar refractivity (Wildman–Crippen MR) is 67.2 cm³/mol. The highest BCUT2D eigenvalue weighted by Gasteiger charge is 2.15. The van der Waals surface area contributed by atoms with Crippen LogP contribution in [0.2, 0.25) is 0 Å². The van der Waals surface area contributed by atoms with E-state index in [1.165, 1.54) is 6.20 Å². The van der Waals surface area contributed by atoms with E-state index in [1.54, 1.807) is 12.3 Å². The quantitative estimate of drug-likeness (QED) is 0.769. The second kappa shape index (κ2) is 6.35. The molecule has 1 aromatic heterocycles. The minimum absolute atomic E-state index is 0.0615. The lowest BCUT2D eigenvalue weighted by atomic mass is 10.0. The summed E-state index contributed by atoms with van der Waals surface area (Å²) in [5.41, 5.74) is 6.31. The van der Waals surface area contributed by atoms with Gasteiger partial charge in [-0.05, 0) is 26.3 Å². The molecule has 4 nitrogen and oxygen atoms in total. The molecule has 2 N–H and O–H groups in total. The molecular weight excluding hydrogens is 216 g/mol. The fourth-order valence-corrected chi connectivity index (χ4v) is 1.55. The van der Waals surface area contributed by atoms with E-state index in [1.807, 2.05) is 20.8 Å². The fourth-order valence-electron chi connectivity index (χ4n) is 1.55. The van der Waals surface area contributed by atoms with Gasteiger partial charge in [0.1, 0.15) is 5.75 Å². The number of carbonyl (C=O) groups excluding carboxylic acids is 1. The van der Waals surface area contributed by atoms with Crippen LogP contribution < -0.4 is 10.5 Å². The van der Waals surface area contributed by atoms with Gasteiger partial charge in [0.15, 0.2) is 5.78 Å². The fraction of sp³-hybridized carbons (Fsp3) is 0.538. The van der Waals surface area contributed by atoms with Gasteiger partial charge in [-0.25, -0.2) is 0 Å². The Morgan fingerprint density at radius 2 is 2.18 bits per heavy atom. The topological polar surface area (TPSA) is 65.2 Å². The van der Waals surface area contributed by atoms with Crippen LogP contribution in [0.15, 0.2) is 18.5 Å². The highest BCUT2D eigenvalue weighted by molar-refractivity contribution is 5.99. The Kier molecular flexibility index (Phi) is 5.10. The van der Waals surface area contributed by atoms with E-state index >= 15 is 0 Å². The average Bonchev–Trinajstić information content (AvgIpc) is 2.28. The summed E-state index contributed by atoms with van der Waals surface area (Å²) in [4.78, 5) is 16.0. The number of pyridine rings is 1. The number of hydrogen-bond acceptors (Lipinski definition) is 4. The lowest BCUT2D eigenvalue weighted by Gasteiger charge is -2.12. The molecule has 0 fully saturated rings. The minimum Gasteiger partial charge on any atom is -0.489 e. The molecule has 0 aliphatic rings. The molecule has 0 saturated carbocycles. The molecule has 94 valence electrons. The van der Waals surface area contributed by atoms with Gasteiger partial charge >= 0.3 is 0 Å². The third-order valence-corrected chi connectivity index (χ3v) is 2.31. The van der Waals surface area contributed by atoms with Crippen molar-refractivity contribution in [3.63, 3.8) is 0 Å². The molecule has 1 unspecified atom stereocenters. The highest BCUT2D eigenvalue weighted by atomic mass is 16.5. The zero-order valence-electron chi connectivity index (χ0n) is 10.6. The number of nitrogens with zero attached hydrogens (tertiary/aromatic N) is 1. The largest absolute Gasteiger partial charge is 0.489 e. The third-order valence-electron chi connectivity index (χ3n) is 2.31. The summed E-state index contributed by atoms with van der Waals surface area (Å²) in [5.74, 6) is 0.531. The number of hydrogen-bond donors (Lipinski definition) is 1. The first-order chi connectivity index (χ1) is 8.04. The molecule has 17 heavy (non-hydrogen) atoms.